The maximum Gasteiger partial charge on any atom is 0.390 e. The molecule has 3 atom stereocenters. The normalized spacial score (nSPS) is 20.3. The zero-order valence-electron chi connectivity index (χ0n) is 22.7. The summed E-state index contributed by atoms with van der Waals surface area (Å²) in [7, 11) is -0.429. The molecule has 0 spiro atoms. The molecule has 0 amide bonds. The lowest BCUT2D eigenvalue weighted by Crippen LogP contribution is -2.44. The Kier molecular flexibility index (Phi) is 8.78. The standard InChI is InChI=1S/C26H33F4N7O2S/c1-15(2)20-10-16(24-31-13-19(14-32-24)36-40(38,39)8-7-26(28,29)30)9-17-12-33-25(35-23(17)20)34-18-5-6-22(37(3)4)21(27)11-18/h9-10,12-15,18,21-22,36H,5-8,11H2,1-4H3,(H,33,34,35)/t18-,21?,22-/m1/s1. The van der Waals surface area contributed by atoms with E-state index in [1.54, 1.807) is 6.20 Å². The van der Waals surface area contributed by atoms with Gasteiger partial charge in [0.1, 0.15) is 6.17 Å². The fourth-order valence-corrected chi connectivity index (χ4v) is 5.88. The van der Waals surface area contributed by atoms with Gasteiger partial charge in [-0.2, -0.15) is 13.2 Å². The minimum absolute atomic E-state index is 0.0371. The van der Waals surface area contributed by atoms with Crippen molar-refractivity contribution in [2.24, 2.45) is 0 Å². The lowest BCUT2D eigenvalue weighted by molar-refractivity contribution is -0.129. The Morgan fingerprint density at radius 1 is 1.07 bits per heavy atom. The van der Waals surface area contributed by atoms with Crippen molar-refractivity contribution in [3.8, 4) is 11.4 Å². The van der Waals surface area contributed by atoms with Gasteiger partial charge in [0.25, 0.3) is 0 Å². The first-order valence-electron chi connectivity index (χ1n) is 13.0. The van der Waals surface area contributed by atoms with Crippen molar-refractivity contribution in [3.63, 3.8) is 0 Å². The molecule has 2 N–H and O–H groups in total. The molecule has 0 aliphatic heterocycles. The van der Waals surface area contributed by atoms with Crippen molar-refractivity contribution in [2.75, 3.05) is 29.9 Å². The average Bonchev–Trinajstić information content (AvgIpc) is 2.86. The minimum atomic E-state index is -4.58. The van der Waals surface area contributed by atoms with Crippen molar-refractivity contribution >= 4 is 32.6 Å². The molecule has 0 bridgehead atoms. The predicted octanol–water partition coefficient (Wildman–Crippen LogP) is 5.14. The average molecular weight is 584 g/mol. The van der Waals surface area contributed by atoms with E-state index in [4.69, 9.17) is 4.98 Å². The van der Waals surface area contributed by atoms with Crippen LogP contribution in [-0.2, 0) is 10.0 Å². The molecule has 1 aliphatic rings. The summed E-state index contributed by atoms with van der Waals surface area (Å²) < 4.78 is 77.9. The van der Waals surface area contributed by atoms with Gasteiger partial charge in [-0.05, 0) is 50.6 Å². The Bertz CT molecular complexity index is 1430. The van der Waals surface area contributed by atoms with Gasteiger partial charge in [0.2, 0.25) is 16.0 Å². The maximum absolute atomic E-state index is 14.7. The molecule has 9 nitrogen and oxygen atoms in total. The van der Waals surface area contributed by atoms with Gasteiger partial charge in [-0.15, -0.1) is 0 Å². The van der Waals surface area contributed by atoms with Crippen LogP contribution in [0.2, 0.25) is 0 Å². The van der Waals surface area contributed by atoms with Gasteiger partial charge < -0.3 is 10.2 Å². The number of fused-ring (bicyclic) bond motifs is 1. The van der Waals surface area contributed by atoms with Crippen LogP contribution in [0.25, 0.3) is 22.3 Å². The van der Waals surface area contributed by atoms with E-state index in [1.165, 1.54) is 12.4 Å². The van der Waals surface area contributed by atoms with Crippen molar-refractivity contribution in [3.05, 3.63) is 36.3 Å². The summed E-state index contributed by atoms with van der Waals surface area (Å²) in [4.78, 5) is 19.6. The molecule has 4 rings (SSSR count). The first-order chi connectivity index (χ1) is 18.7. The second-order valence-electron chi connectivity index (χ2n) is 10.6. The van der Waals surface area contributed by atoms with E-state index in [-0.39, 0.29) is 23.7 Å². The number of sulfonamides is 1. The monoisotopic (exact) mass is 583 g/mol. The molecule has 1 saturated carbocycles. The SMILES string of the molecule is CC(C)c1cc(-c2ncc(NS(=O)(=O)CCC(F)(F)F)cn2)cc2cnc(N[C@@H]3CC[C@@H](N(C)C)C(F)C3)nc12. The molecule has 1 unspecified atom stereocenters. The number of anilines is 2. The number of halogens is 4. The molecule has 14 heteroatoms. The van der Waals surface area contributed by atoms with Crippen LogP contribution in [0.3, 0.4) is 0 Å². The van der Waals surface area contributed by atoms with Gasteiger partial charge in [-0.25, -0.2) is 32.7 Å². The fourth-order valence-electron chi connectivity index (χ4n) is 4.82. The van der Waals surface area contributed by atoms with E-state index < -0.39 is 34.5 Å². The van der Waals surface area contributed by atoms with Gasteiger partial charge in [0, 0.05) is 35.7 Å². The molecule has 3 aromatic rings. The number of rotatable bonds is 9. The summed E-state index contributed by atoms with van der Waals surface area (Å²) in [6.45, 7) is 4.04. The number of hydrogen-bond donors (Lipinski definition) is 2. The fraction of sp³-hybridized carbons (Fsp3) is 0.538. The molecule has 2 heterocycles. The molecule has 0 saturated heterocycles. The van der Waals surface area contributed by atoms with Crippen molar-refractivity contribution in [2.45, 2.75) is 69.9 Å². The highest BCUT2D eigenvalue weighted by Gasteiger charge is 2.32. The minimum Gasteiger partial charge on any atom is -0.351 e. The van der Waals surface area contributed by atoms with E-state index in [1.807, 2.05) is 45.0 Å². The highest BCUT2D eigenvalue weighted by molar-refractivity contribution is 7.92. The van der Waals surface area contributed by atoms with Crippen LogP contribution in [-0.4, -0.2) is 77.5 Å². The number of nitrogens with one attached hydrogen (secondary N) is 2. The van der Waals surface area contributed by atoms with Gasteiger partial charge >= 0.3 is 6.18 Å². The Labute approximate surface area is 230 Å². The molecular formula is C26H33F4N7O2S. The van der Waals surface area contributed by atoms with Gasteiger partial charge in [-0.3, -0.25) is 4.72 Å². The zero-order valence-corrected chi connectivity index (χ0v) is 23.5. The number of nitrogens with zero attached hydrogens (tertiary/aromatic N) is 5. The predicted molar refractivity (Wildman–Crippen MR) is 146 cm³/mol. The van der Waals surface area contributed by atoms with Crippen LogP contribution in [0.15, 0.2) is 30.7 Å². The van der Waals surface area contributed by atoms with Crippen LogP contribution in [0.4, 0.5) is 29.2 Å². The van der Waals surface area contributed by atoms with E-state index >= 15 is 0 Å². The van der Waals surface area contributed by atoms with Gasteiger partial charge in [0.05, 0.1) is 35.8 Å². The third kappa shape index (κ3) is 7.53. The smallest absolute Gasteiger partial charge is 0.351 e. The Hall–Kier alpha value is -3.13. The third-order valence-corrected chi connectivity index (χ3v) is 8.20. The molecule has 40 heavy (non-hydrogen) atoms. The molecule has 1 aromatic carbocycles. The summed E-state index contributed by atoms with van der Waals surface area (Å²) in [6.07, 6.45) is -0.934. The number of aromatic nitrogens is 4. The highest BCUT2D eigenvalue weighted by atomic mass is 32.2. The van der Waals surface area contributed by atoms with Crippen molar-refractivity contribution in [1.29, 1.82) is 0 Å². The molecule has 0 radical (unpaired) electrons. The molecule has 1 aliphatic carbocycles. The molecule has 218 valence electrons. The number of hydrogen-bond acceptors (Lipinski definition) is 8. The Balaban J connectivity index is 1.53. The Morgan fingerprint density at radius 3 is 2.38 bits per heavy atom. The number of benzene rings is 1. The summed E-state index contributed by atoms with van der Waals surface area (Å²) in [6, 6.07) is 3.55. The third-order valence-electron chi connectivity index (χ3n) is 6.91. The maximum atomic E-state index is 14.7. The van der Waals surface area contributed by atoms with Crippen molar-refractivity contribution in [1.82, 2.24) is 24.8 Å². The second kappa shape index (κ2) is 11.8. The van der Waals surface area contributed by atoms with Crippen LogP contribution in [0.5, 0.6) is 0 Å². The van der Waals surface area contributed by atoms with E-state index in [9.17, 15) is 26.0 Å². The Morgan fingerprint density at radius 2 is 1.77 bits per heavy atom. The van der Waals surface area contributed by atoms with E-state index in [0.717, 1.165) is 29.3 Å². The number of alkyl halides is 4. The zero-order chi connectivity index (χ0) is 29.2. The summed E-state index contributed by atoms with van der Waals surface area (Å²) in [5, 5.41) is 4.04. The highest BCUT2D eigenvalue weighted by Crippen LogP contribution is 2.31. The largest absolute Gasteiger partial charge is 0.390 e. The van der Waals surface area contributed by atoms with Crippen LogP contribution in [0, 0.1) is 0 Å². The van der Waals surface area contributed by atoms with Crippen LogP contribution in [0.1, 0.15) is 51.0 Å². The molecular weight excluding hydrogens is 550 g/mol. The second-order valence-corrected chi connectivity index (χ2v) is 12.5. The van der Waals surface area contributed by atoms with Gasteiger partial charge in [0.15, 0.2) is 5.82 Å². The molecule has 1 fully saturated rings. The first kappa shape index (κ1) is 29.8. The quantitative estimate of drug-likeness (QED) is 0.333. The topological polar surface area (TPSA) is 113 Å². The van der Waals surface area contributed by atoms with Crippen LogP contribution >= 0.6 is 0 Å². The van der Waals surface area contributed by atoms with E-state index in [2.05, 4.69) is 25.0 Å². The van der Waals surface area contributed by atoms with Gasteiger partial charge in [-0.1, -0.05) is 13.8 Å². The lowest BCUT2D eigenvalue weighted by Gasteiger charge is -2.35. The summed E-state index contributed by atoms with van der Waals surface area (Å²) >= 11 is 0. The van der Waals surface area contributed by atoms with E-state index in [0.29, 0.717) is 23.8 Å². The summed E-state index contributed by atoms with van der Waals surface area (Å²) in [5.74, 6) is -0.281. The van der Waals surface area contributed by atoms with Crippen molar-refractivity contribution < 1.29 is 26.0 Å². The van der Waals surface area contributed by atoms with Crippen LogP contribution < -0.4 is 10.0 Å². The lowest BCUT2D eigenvalue weighted by atomic mass is 9.89. The summed E-state index contributed by atoms with van der Waals surface area (Å²) in [5.41, 5.74) is 2.27. The molecule has 2 aromatic heterocycles. The first-order valence-corrected chi connectivity index (χ1v) is 14.6.